The van der Waals surface area contributed by atoms with Crippen molar-refractivity contribution in [1.29, 1.82) is 5.26 Å². The normalized spacial score (nSPS) is 13.3. The van der Waals surface area contributed by atoms with E-state index in [-0.39, 0.29) is 0 Å². The van der Waals surface area contributed by atoms with Crippen LogP contribution in [0.5, 0.6) is 0 Å². The molecule has 1 N–H and O–H groups in total. The Hall–Kier alpha value is -1.79. The van der Waals surface area contributed by atoms with Gasteiger partial charge in [-0.1, -0.05) is 31.7 Å². The third-order valence-electron chi connectivity index (χ3n) is 3.10. The highest BCUT2D eigenvalue weighted by Crippen LogP contribution is 2.34. The molecule has 0 saturated heterocycles. The fraction of sp³-hybridized carbons (Fsp3) is 0.267. The number of nitriles is 1. The zero-order valence-electron chi connectivity index (χ0n) is 10.7. The molecule has 0 unspecified atom stereocenters. The molecule has 0 radical (unpaired) electrons. The summed E-state index contributed by atoms with van der Waals surface area (Å²) < 4.78 is 0. The molecule has 92 valence electrons. The van der Waals surface area contributed by atoms with Gasteiger partial charge in [-0.25, -0.2) is 0 Å². The zero-order chi connectivity index (χ0) is 13.1. The Labute approximate surface area is 112 Å². The lowest BCUT2D eigenvalue weighted by Gasteiger charge is -2.09. The second-order valence-electron chi connectivity index (χ2n) is 4.23. The molecular formula is C15H16N2S. The molecule has 0 atom stereocenters. The van der Waals surface area contributed by atoms with Gasteiger partial charge < -0.3 is 5.32 Å². The summed E-state index contributed by atoms with van der Waals surface area (Å²) in [5.41, 5.74) is 3.99. The SMILES string of the molecule is C=C(Nc1sc(C)c(CC)c1C#N)C1=CC=CC1. The molecule has 0 aliphatic heterocycles. The van der Waals surface area contributed by atoms with Gasteiger partial charge in [-0.2, -0.15) is 5.26 Å². The first-order valence-electron chi connectivity index (χ1n) is 6.01. The summed E-state index contributed by atoms with van der Waals surface area (Å²) >= 11 is 1.64. The third-order valence-corrected chi connectivity index (χ3v) is 4.16. The lowest BCUT2D eigenvalue weighted by atomic mass is 10.1. The van der Waals surface area contributed by atoms with Gasteiger partial charge in [0.2, 0.25) is 0 Å². The topological polar surface area (TPSA) is 35.8 Å². The number of hydrogen-bond donors (Lipinski definition) is 1. The monoisotopic (exact) mass is 256 g/mol. The van der Waals surface area contributed by atoms with Crippen LogP contribution in [-0.4, -0.2) is 0 Å². The van der Waals surface area contributed by atoms with Crippen LogP contribution in [0.3, 0.4) is 0 Å². The predicted octanol–water partition coefficient (Wildman–Crippen LogP) is 4.30. The van der Waals surface area contributed by atoms with E-state index >= 15 is 0 Å². The van der Waals surface area contributed by atoms with Crippen LogP contribution < -0.4 is 5.32 Å². The summed E-state index contributed by atoms with van der Waals surface area (Å²) in [6, 6.07) is 2.30. The van der Waals surface area contributed by atoms with Crippen molar-refractivity contribution in [3.8, 4) is 6.07 Å². The molecule has 1 aliphatic carbocycles. The summed E-state index contributed by atoms with van der Waals surface area (Å²) in [6.45, 7) is 8.20. The number of nitrogens with zero attached hydrogens (tertiary/aromatic N) is 1. The molecule has 1 aromatic rings. The Morgan fingerprint density at radius 2 is 2.39 bits per heavy atom. The quantitative estimate of drug-likeness (QED) is 0.871. The van der Waals surface area contributed by atoms with Crippen molar-refractivity contribution in [2.24, 2.45) is 0 Å². The Balaban J connectivity index is 2.25. The van der Waals surface area contributed by atoms with Crippen LogP contribution >= 0.6 is 11.3 Å². The molecule has 0 amide bonds. The predicted molar refractivity (Wildman–Crippen MR) is 77.8 cm³/mol. The minimum Gasteiger partial charge on any atom is -0.346 e. The third kappa shape index (κ3) is 2.25. The van der Waals surface area contributed by atoms with E-state index in [0.717, 1.165) is 34.7 Å². The number of allylic oxidation sites excluding steroid dienone is 4. The van der Waals surface area contributed by atoms with Gasteiger partial charge in [0.15, 0.2) is 0 Å². The van der Waals surface area contributed by atoms with Crippen LogP contribution in [-0.2, 0) is 6.42 Å². The molecule has 0 fully saturated rings. The van der Waals surface area contributed by atoms with E-state index in [1.165, 1.54) is 10.5 Å². The van der Waals surface area contributed by atoms with Gasteiger partial charge in [0.25, 0.3) is 0 Å². The maximum Gasteiger partial charge on any atom is 0.111 e. The Morgan fingerprint density at radius 3 is 2.94 bits per heavy atom. The second kappa shape index (κ2) is 5.24. The maximum absolute atomic E-state index is 9.28. The largest absolute Gasteiger partial charge is 0.346 e. The molecule has 2 rings (SSSR count). The van der Waals surface area contributed by atoms with E-state index in [4.69, 9.17) is 0 Å². The first-order valence-corrected chi connectivity index (χ1v) is 6.83. The Kier molecular flexibility index (Phi) is 3.69. The van der Waals surface area contributed by atoms with E-state index < -0.39 is 0 Å². The second-order valence-corrected chi connectivity index (χ2v) is 5.46. The smallest absolute Gasteiger partial charge is 0.111 e. The minimum absolute atomic E-state index is 0.771. The molecule has 3 heteroatoms. The fourth-order valence-electron chi connectivity index (χ4n) is 2.10. The van der Waals surface area contributed by atoms with Crippen molar-refractivity contribution in [3.63, 3.8) is 0 Å². The van der Waals surface area contributed by atoms with Crippen LogP contribution in [0.1, 0.15) is 29.3 Å². The van der Waals surface area contributed by atoms with Crippen LogP contribution in [0.4, 0.5) is 5.00 Å². The highest BCUT2D eigenvalue weighted by Gasteiger charge is 2.15. The zero-order valence-corrected chi connectivity index (χ0v) is 11.5. The average Bonchev–Trinajstić information content (AvgIpc) is 2.96. The molecule has 0 spiro atoms. The van der Waals surface area contributed by atoms with Crippen LogP contribution in [0.25, 0.3) is 0 Å². The lowest BCUT2D eigenvalue weighted by Crippen LogP contribution is -2.00. The summed E-state index contributed by atoms with van der Waals surface area (Å²) in [5.74, 6) is 0. The highest BCUT2D eigenvalue weighted by molar-refractivity contribution is 7.16. The summed E-state index contributed by atoms with van der Waals surface area (Å²) in [6.07, 6.45) is 8.00. The molecule has 1 heterocycles. The van der Waals surface area contributed by atoms with Crippen LogP contribution in [0.15, 0.2) is 36.1 Å². The molecule has 0 bridgehead atoms. The molecule has 1 aromatic heterocycles. The van der Waals surface area contributed by atoms with Gasteiger partial charge in [-0.15, -0.1) is 11.3 Å². The first-order chi connectivity index (χ1) is 8.67. The van der Waals surface area contributed by atoms with Crippen molar-refractivity contribution in [1.82, 2.24) is 0 Å². The Bertz CT molecular complexity index is 582. The molecule has 1 aliphatic rings. The van der Waals surface area contributed by atoms with Gasteiger partial charge in [0, 0.05) is 10.6 Å². The van der Waals surface area contributed by atoms with E-state index in [1.807, 2.05) is 6.08 Å². The van der Waals surface area contributed by atoms with Crippen molar-refractivity contribution < 1.29 is 0 Å². The average molecular weight is 256 g/mol. The molecule has 0 saturated carbocycles. The van der Waals surface area contributed by atoms with Gasteiger partial charge in [0.05, 0.1) is 5.56 Å². The molecule has 0 aromatic carbocycles. The summed E-state index contributed by atoms with van der Waals surface area (Å²) in [5, 5.41) is 13.5. The maximum atomic E-state index is 9.28. The number of rotatable bonds is 4. The standard InChI is InChI=1S/C15H16N2S/c1-4-13-11(3)18-15(14(13)9-16)17-10(2)12-7-5-6-8-12/h5-7,17H,2,4,8H2,1,3H3. The van der Waals surface area contributed by atoms with Crippen molar-refractivity contribution in [3.05, 3.63) is 52.1 Å². The van der Waals surface area contributed by atoms with Gasteiger partial charge in [0.1, 0.15) is 11.1 Å². The van der Waals surface area contributed by atoms with Crippen LogP contribution in [0, 0.1) is 18.3 Å². The fourth-order valence-corrected chi connectivity index (χ4v) is 3.22. The first kappa shape index (κ1) is 12.7. The van der Waals surface area contributed by atoms with Crippen molar-refractivity contribution in [2.45, 2.75) is 26.7 Å². The number of thiophene rings is 1. The number of nitrogens with one attached hydrogen (secondary N) is 1. The number of aryl methyl sites for hydroxylation is 1. The van der Waals surface area contributed by atoms with Gasteiger partial charge in [-0.05, 0) is 30.9 Å². The van der Waals surface area contributed by atoms with Crippen molar-refractivity contribution in [2.75, 3.05) is 5.32 Å². The minimum atomic E-state index is 0.771. The Morgan fingerprint density at radius 1 is 1.61 bits per heavy atom. The van der Waals surface area contributed by atoms with Crippen molar-refractivity contribution >= 4 is 16.3 Å². The van der Waals surface area contributed by atoms with E-state index in [0.29, 0.717) is 0 Å². The van der Waals surface area contributed by atoms with Gasteiger partial charge in [-0.3, -0.25) is 0 Å². The van der Waals surface area contributed by atoms with Gasteiger partial charge >= 0.3 is 0 Å². The molecule has 18 heavy (non-hydrogen) atoms. The number of hydrogen-bond acceptors (Lipinski definition) is 3. The molecule has 2 nitrogen and oxygen atoms in total. The lowest BCUT2D eigenvalue weighted by molar-refractivity contribution is 1.12. The van der Waals surface area contributed by atoms with E-state index in [2.05, 4.69) is 44.0 Å². The van der Waals surface area contributed by atoms with E-state index in [1.54, 1.807) is 11.3 Å². The summed E-state index contributed by atoms with van der Waals surface area (Å²) in [4.78, 5) is 1.21. The molecular weight excluding hydrogens is 240 g/mol. The van der Waals surface area contributed by atoms with Crippen LogP contribution in [0.2, 0.25) is 0 Å². The summed E-state index contributed by atoms with van der Waals surface area (Å²) in [7, 11) is 0. The highest BCUT2D eigenvalue weighted by atomic mass is 32.1. The van der Waals surface area contributed by atoms with E-state index in [9.17, 15) is 5.26 Å². The number of anilines is 1.